The van der Waals surface area contributed by atoms with Gasteiger partial charge in [-0.15, -0.1) is 0 Å². The highest BCUT2D eigenvalue weighted by atomic mass is 35.5. The maximum atomic E-state index is 11.9. The van der Waals surface area contributed by atoms with Gasteiger partial charge in [0, 0.05) is 18.9 Å². The Morgan fingerprint density at radius 3 is 3.06 bits per heavy atom. The van der Waals surface area contributed by atoms with Gasteiger partial charge in [0.2, 0.25) is 0 Å². The molecule has 0 spiro atoms. The highest BCUT2D eigenvalue weighted by Crippen LogP contribution is 2.30. The average Bonchev–Trinajstić information content (AvgIpc) is 2.72. The SMILES string of the molecule is CC1CCCC1CNC(=O)c1ccncc1Cl. The largest absolute Gasteiger partial charge is 0.352 e. The first-order valence-corrected chi connectivity index (χ1v) is 6.44. The zero-order valence-electron chi connectivity index (χ0n) is 9.95. The van der Waals surface area contributed by atoms with Gasteiger partial charge in [0.25, 0.3) is 5.91 Å². The number of halogens is 1. The van der Waals surface area contributed by atoms with Gasteiger partial charge in [-0.05, 0) is 24.3 Å². The second-order valence-electron chi connectivity index (χ2n) is 4.73. The first-order valence-electron chi connectivity index (χ1n) is 6.06. The third-order valence-electron chi connectivity index (χ3n) is 3.58. The molecule has 1 aromatic heterocycles. The number of carbonyl (C=O) groups is 1. The molecule has 92 valence electrons. The van der Waals surface area contributed by atoms with Gasteiger partial charge < -0.3 is 5.32 Å². The predicted molar refractivity (Wildman–Crippen MR) is 68.1 cm³/mol. The van der Waals surface area contributed by atoms with Crippen LogP contribution >= 0.6 is 11.6 Å². The fourth-order valence-corrected chi connectivity index (χ4v) is 2.61. The Morgan fingerprint density at radius 2 is 2.41 bits per heavy atom. The molecule has 1 aliphatic rings. The molecule has 4 heteroatoms. The Kier molecular flexibility index (Phi) is 4.00. The van der Waals surface area contributed by atoms with E-state index < -0.39 is 0 Å². The standard InChI is InChI=1S/C13H17ClN2O/c1-9-3-2-4-10(9)7-16-13(17)11-5-6-15-8-12(11)14/h5-6,8-10H,2-4,7H2,1H3,(H,16,17). The van der Waals surface area contributed by atoms with Crippen LogP contribution in [0.25, 0.3) is 0 Å². The number of rotatable bonds is 3. The Hall–Kier alpha value is -1.09. The van der Waals surface area contributed by atoms with Crippen LogP contribution in [0.15, 0.2) is 18.5 Å². The van der Waals surface area contributed by atoms with Crippen LogP contribution in [0.4, 0.5) is 0 Å². The number of carbonyl (C=O) groups excluding carboxylic acids is 1. The van der Waals surface area contributed by atoms with Gasteiger partial charge in [0.1, 0.15) is 0 Å². The summed E-state index contributed by atoms with van der Waals surface area (Å²) in [6, 6.07) is 1.65. The summed E-state index contributed by atoms with van der Waals surface area (Å²) in [6.45, 7) is 3.00. The third-order valence-corrected chi connectivity index (χ3v) is 3.88. The van der Waals surface area contributed by atoms with E-state index in [1.807, 2.05) is 0 Å². The molecular weight excluding hydrogens is 236 g/mol. The molecule has 0 saturated heterocycles. The topological polar surface area (TPSA) is 42.0 Å². The Morgan fingerprint density at radius 1 is 1.59 bits per heavy atom. The number of pyridine rings is 1. The van der Waals surface area contributed by atoms with Crippen LogP contribution in [0.3, 0.4) is 0 Å². The molecule has 2 atom stereocenters. The van der Waals surface area contributed by atoms with Crippen molar-refractivity contribution in [2.75, 3.05) is 6.54 Å². The van der Waals surface area contributed by atoms with Crippen molar-refractivity contribution >= 4 is 17.5 Å². The fourth-order valence-electron chi connectivity index (χ4n) is 2.40. The highest BCUT2D eigenvalue weighted by molar-refractivity contribution is 6.33. The summed E-state index contributed by atoms with van der Waals surface area (Å²) in [6.07, 6.45) is 6.84. The van der Waals surface area contributed by atoms with Crippen molar-refractivity contribution in [2.24, 2.45) is 11.8 Å². The number of aromatic nitrogens is 1. The third kappa shape index (κ3) is 2.97. The minimum Gasteiger partial charge on any atom is -0.352 e. The van der Waals surface area contributed by atoms with Crippen LogP contribution in [0.2, 0.25) is 5.02 Å². The molecule has 1 saturated carbocycles. The summed E-state index contributed by atoms with van der Waals surface area (Å²) in [5, 5.41) is 3.37. The summed E-state index contributed by atoms with van der Waals surface area (Å²) < 4.78 is 0. The van der Waals surface area contributed by atoms with E-state index in [4.69, 9.17) is 11.6 Å². The van der Waals surface area contributed by atoms with Gasteiger partial charge in [-0.2, -0.15) is 0 Å². The molecule has 0 radical (unpaired) electrons. The molecule has 1 fully saturated rings. The van der Waals surface area contributed by atoms with E-state index in [1.165, 1.54) is 25.5 Å². The number of nitrogens with zero attached hydrogens (tertiary/aromatic N) is 1. The van der Waals surface area contributed by atoms with Crippen molar-refractivity contribution in [3.63, 3.8) is 0 Å². The lowest BCUT2D eigenvalue weighted by Gasteiger charge is -2.16. The normalized spacial score (nSPS) is 23.6. The second-order valence-corrected chi connectivity index (χ2v) is 5.14. The molecule has 2 unspecified atom stereocenters. The van der Waals surface area contributed by atoms with Gasteiger partial charge in [-0.25, -0.2) is 0 Å². The summed E-state index contributed by atoms with van der Waals surface area (Å²) in [7, 11) is 0. The Bertz CT molecular complexity index is 408. The zero-order chi connectivity index (χ0) is 12.3. The van der Waals surface area contributed by atoms with E-state index in [0.29, 0.717) is 22.4 Å². The molecule has 17 heavy (non-hydrogen) atoms. The van der Waals surface area contributed by atoms with Gasteiger partial charge in [0.05, 0.1) is 10.6 Å². The molecule has 1 aliphatic carbocycles. The van der Waals surface area contributed by atoms with Crippen LogP contribution in [0.1, 0.15) is 36.5 Å². The quantitative estimate of drug-likeness (QED) is 0.899. The second kappa shape index (κ2) is 5.50. The van der Waals surface area contributed by atoms with Gasteiger partial charge in [-0.1, -0.05) is 31.4 Å². The molecule has 0 bridgehead atoms. The first kappa shape index (κ1) is 12.4. The average molecular weight is 253 g/mol. The minimum atomic E-state index is -0.100. The van der Waals surface area contributed by atoms with Gasteiger partial charge >= 0.3 is 0 Å². The molecule has 3 nitrogen and oxygen atoms in total. The predicted octanol–water partition coefficient (Wildman–Crippen LogP) is 2.90. The minimum absolute atomic E-state index is 0.100. The summed E-state index contributed by atoms with van der Waals surface area (Å²) in [5.41, 5.74) is 0.507. The van der Waals surface area contributed by atoms with Crippen LogP contribution in [-0.2, 0) is 0 Å². The molecule has 2 rings (SSSR count). The van der Waals surface area contributed by atoms with E-state index >= 15 is 0 Å². The van der Waals surface area contributed by atoms with Crippen LogP contribution in [-0.4, -0.2) is 17.4 Å². The van der Waals surface area contributed by atoms with Crippen LogP contribution < -0.4 is 5.32 Å². The van der Waals surface area contributed by atoms with Gasteiger partial charge in [-0.3, -0.25) is 9.78 Å². The number of hydrogen-bond donors (Lipinski definition) is 1. The molecule has 1 heterocycles. The number of hydrogen-bond acceptors (Lipinski definition) is 2. The zero-order valence-corrected chi connectivity index (χ0v) is 10.7. The van der Waals surface area contributed by atoms with Crippen molar-refractivity contribution in [3.8, 4) is 0 Å². The molecular formula is C13H17ClN2O. The maximum Gasteiger partial charge on any atom is 0.252 e. The van der Waals surface area contributed by atoms with Crippen molar-refractivity contribution in [3.05, 3.63) is 29.0 Å². The Balaban J connectivity index is 1.91. The molecule has 1 N–H and O–H groups in total. The van der Waals surface area contributed by atoms with Crippen LogP contribution in [0.5, 0.6) is 0 Å². The summed E-state index contributed by atoms with van der Waals surface area (Å²) in [4.78, 5) is 15.8. The van der Waals surface area contributed by atoms with E-state index in [1.54, 1.807) is 12.3 Å². The fraction of sp³-hybridized carbons (Fsp3) is 0.538. The molecule has 1 amide bonds. The van der Waals surface area contributed by atoms with Crippen LogP contribution in [0, 0.1) is 11.8 Å². The monoisotopic (exact) mass is 252 g/mol. The lowest BCUT2D eigenvalue weighted by Crippen LogP contribution is -2.30. The first-order chi connectivity index (χ1) is 8.18. The lowest BCUT2D eigenvalue weighted by molar-refractivity contribution is 0.0944. The van der Waals surface area contributed by atoms with E-state index in [9.17, 15) is 4.79 Å². The lowest BCUT2D eigenvalue weighted by atomic mass is 9.98. The number of amides is 1. The van der Waals surface area contributed by atoms with Crippen molar-refractivity contribution in [1.29, 1.82) is 0 Å². The van der Waals surface area contributed by atoms with E-state index in [-0.39, 0.29) is 5.91 Å². The van der Waals surface area contributed by atoms with Crippen molar-refractivity contribution in [2.45, 2.75) is 26.2 Å². The van der Waals surface area contributed by atoms with Gasteiger partial charge in [0.15, 0.2) is 0 Å². The van der Waals surface area contributed by atoms with E-state index in [0.717, 1.165) is 6.54 Å². The van der Waals surface area contributed by atoms with Crippen molar-refractivity contribution in [1.82, 2.24) is 10.3 Å². The smallest absolute Gasteiger partial charge is 0.252 e. The van der Waals surface area contributed by atoms with Crippen molar-refractivity contribution < 1.29 is 4.79 Å². The molecule has 1 aromatic rings. The molecule has 0 aromatic carbocycles. The van der Waals surface area contributed by atoms with E-state index in [2.05, 4.69) is 17.2 Å². The number of nitrogens with one attached hydrogen (secondary N) is 1. The molecule has 0 aliphatic heterocycles. The summed E-state index contributed by atoms with van der Waals surface area (Å²) in [5.74, 6) is 1.22. The maximum absolute atomic E-state index is 11.9. The highest BCUT2D eigenvalue weighted by Gasteiger charge is 2.23. The Labute approximate surface area is 107 Å². The summed E-state index contributed by atoms with van der Waals surface area (Å²) >= 11 is 5.92.